The fourth-order valence-corrected chi connectivity index (χ4v) is 4.03. The van der Waals surface area contributed by atoms with Gasteiger partial charge in [-0.15, -0.1) is 0 Å². The van der Waals surface area contributed by atoms with Crippen LogP contribution in [0.25, 0.3) is 33.5 Å². The monoisotopic (exact) mass is 407 g/mol. The van der Waals surface area contributed by atoms with Crippen LogP contribution in [0, 0.1) is 0 Å². The highest BCUT2D eigenvalue weighted by Gasteiger charge is 2.26. The number of hydrogen-bond donors (Lipinski definition) is 2. The van der Waals surface area contributed by atoms with Gasteiger partial charge in [-0.1, -0.05) is 41.5 Å². The maximum absolute atomic E-state index is 4.89. The second kappa shape index (κ2) is 7.53. The predicted octanol–water partition coefficient (Wildman–Crippen LogP) is 7.15. The van der Waals surface area contributed by atoms with Gasteiger partial charge in [0.15, 0.2) is 0 Å². The highest BCUT2D eigenvalue weighted by atomic mass is 15.0. The number of rotatable bonds is 7. The highest BCUT2D eigenvalue weighted by molar-refractivity contribution is 5.92. The van der Waals surface area contributed by atoms with Crippen molar-refractivity contribution in [1.82, 2.24) is 24.9 Å². The van der Waals surface area contributed by atoms with E-state index in [1.54, 1.807) is 0 Å². The van der Waals surface area contributed by atoms with Crippen LogP contribution in [0.3, 0.4) is 0 Å². The minimum absolute atomic E-state index is 0. The zero-order valence-corrected chi connectivity index (χ0v) is 19.1. The van der Waals surface area contributed by atoms with Crippen LogP contribution in [0.5, 0.6) is 0 Å². The lowest BCUT2D eigenvalue weighted by Gasteiger charge is -2.25. The lowest BCUT2D eigenvalue weighted by Crippen LogP contribution is -2.21. The van der Waals surface area contributed by atoms with Gasteiger partial charge in [0, 0.05) is 31.1 Å². The summed E-state index contributed by atoms with van der Waals surface area (Å²) in [5.41, 5.74) is 6.32. The molecule has 30 heavy (non-hydrogen) atoms. The first-order valence-electron chi connectivity index (χ1n) is 11.2. The van der Waals surface area contributed by atoms with E-state index in [1.165, 1.54) is 0 Å². The van der Waals surface area contributed by atoms with E-state index in [0.717, 1.165) is 70.7 Å². The average Bonchev–Trinajstić information content (AvgIpc) is 3.39. The van der Waals surface area contributed by atoms with Gasteiger partial charge >= 0.3 is 0 Å². The molecule has 0 bridgehead atoms. The van der Waals surface area contributed by atoms with Crippen LogP contribution in [-0.2, 0) is 10.8 Å². The molecule has 1 aromatic carbocycles. The number of benzene rings is 1. The molecular weight excluding hydrogens is 370 g/mol. The molecule has 0 spiro atoms. The van der Waals surface area contributed by atoms with Crippen LogP contribution in [0.2, 0.25) is 0 Å². The number of nitrogens with one attached hydrogen (secondary N) is 2. The van der Waals surface area contributed by atoms with Crippen LogP contribution in [-0.4, -0.2) is 24.9 Å². The van der Waals surface area contributed by atoms with Gasteiger partial charge in [-0.05, 0) is 49.9 Å². The predicted molar refractivity (Wildman–Crippen MR) is 129 cm³/mol. The first-order valence-corrected chi connectivity index (χ1v) is 11.2. The Bertz CT molecular complexity index is 1120. The van der Waals surface area contributed by atoms with Crippen LogP contribution >= 0.6 is 0 Å². The van der Waals surface area contributed by atoms with Crippen molar-refractivity contribution in [2.24, 2.45) is 0 Å². The van der Waals surface area contributed by atoms with Crippen molar-refractivity contribution in [3.05, 3.63) is 42.0 Å². The molecule has 4 aromatic rings. The van der Waals surface area contributed by atoms with Gasteiger partial charge in [-0.3, -0.25) is 4.98 Å². The summed E-state index contributed by atoms with van der Waals surface area (Å²) in [6.07, 6.45) is 6.21. The molecule has 5 heteroatoms. The summed E-state index contributed by atoms with van der Waals surface area (Å²) in [6, 6.07) is 8.46. The molecule has 2 N–H and O–H groups in total. The Kier molecular flexibility index (Phi) is 5.16. The minimum Gasteiger partial charge on any atom is -0.341 e. The Morgan fingerprint density at radius 1 is 0.800 bits per heavy atom. The fraction of sp³-hybridized carbons (Fsp3) is 0.480. The minimum atomic E-state index is 0. The third-order valence-electron chi connectivity index (χ3n) is 7.43. The second-order valence-electron chi connectivity index (χ2n) is 9.02. The maximum atomic E-state index is 4.89. The standard InChI is InChI=1S/C25H33N5.2H2/c1-7-24(5,8-2)21-12-11-16(15-26-21)22-27-17-13-19-20(14-18(17)28-22)30-23(29-19)25(6,9-3)10-4;;/h11-15H,7-10H2,1-6H3,(H,27,28)(H,29,30);2*1H. The van der Waals surface area contributed by atoms with Gasteiger partial charge in [0.05, 0.1) is 22.1 Å². The van der Waals surface area contributed by atoms with Crippen LogP contribution in [0.4, 0.5) is 0 Å². The molecule has 162 valence electrons. The van der Waals surface area contributed by atoms with Crippen molar-refractivity contribution in [3.8, 4) is 11.4 Å². The van der Waals surface area contributed by atoms with Crippen LogP contribution in [0.15, 0.2) is 30.5 Å². The lowest BCUT2D eigenvalue weighted by molar-refractivity contribution is 0.416. The SMILES string of the molecule is CCC(C)(CC)c1ccc(-c2nc3cc4nc(C(C)(CC)CC)[nH]c4cc3[nH]2)cn1.[HH].[HH]. The Morgan fingerprint density at radius 3 is 2.03 bits per heavy atom. The number of hydrogen-bond acceptors (Lipinski definition) is 3. The van der Waals surface area contributed by atoms with E-state index < -0.39 is 0 Å². The first kappa shape index (κ1) is 20.6. The Hall–Kier alpha value is -2.69. The molecule has 0 radical (unpaired) electrons. The summed E-state index contributed by atoms with van der Waals surface area (Å²) in [5.74, 6) is 1.91. The number of fused-ring (bicyclic) bond motifs is 2. The number of H-pyrrole nitrogens is 2. The molecule has 0 amide bonds. The molecule has 3 aromatic heterocycles. The zero-order valence-electron chi connectivity index (χ0n) is 19.1. The highest BCUT2D eigenvalue weighted by Crippen LogP contribution is 2.33. The summed E-state index contributed by atoms with van der Waals surface area (Å²) in [4.78, 5) is 21.5. The van der Waals surface area contributed by atoms with Gasteiger partial charge in [-0.25, -0.2) is 9.97 Å². The third kappa shape index (κ3) is 3.30. The molecule has 0 fully saturated rings. The zero-order chi connectivity index (χ0) is 21.5. The van der Waals surface area contributed by atoms with Gasteiger partial charge < -0.3 is 9.97 Å². The Morgan fingerprint density at radius 2 is 1.43 bits per heavy atom. The van der Waals surface area contributed by atoms with Gasteiger partial charge in [0.1, 0.15) is 11.6 Å². The summed E-state index contributed by atoms with van der Waals surface area (Å²) < 4.78 is 0. The number of pyridine rings is 1. The van der Waals surface area contributed by atoms with Crippen molar-refractivity contribution in [2.45, 2.75) is 78.1 Å². The largest absolute Gasteiger partial charge is 0.341 e. The van der Waals surface area contributed by atoms with Crippen molar-refractivity contribution < 1.29 is 2.85 Å². The number of aromatic amines is 2. The molecule has 0 saturated heterocycles. The molecule has 3 heterocycles. The second-order valence-corrected chi connectivity index (χ2v) is 9.02. The molecule has 0 saturated carbocycles. The normalized spacial score (nSPS) is 12.9. The van der Waals surface area contributed by atoms with E-state index >= 15 is 0 Å². The molecule has 0 atom stereocenters. The van der Waals surface area contributed by atoms with Crippen molar-refractivity contribution in [1.29, 1.82) is 0 Å². The lowest BCUT2D eigenvalue weighted by atomic mass is 9.81. The van der Waals surface area contributed by atoms with E-state index in [1.807, 2.05) is 6.20 Å². The van der Waals surface area contributed by atoms with Crippen molar-refractivity contribution >= 4 is 22.1 Å². The van der Waals surface area contributed by atoms with Crippen LogP contribution < -0.4 is 0 Å². The van der Waals surface area contributed by atoms with E-state index in [4.69, 9.17) is 15.0 Å². The summed E-state index contributed by atoms with van der Waals surface area (Å²) >= 11 is 0. The molecule has 5 nitrogen and oxygen atoms in total. The van der Waals surface area contributed by atoms with E-state index in [2.05, 4.69) is 75.8 Å². The first-order chi connectivity index (χ1) is 14.4. The summed E-state index contributed by atoms with van der Waals surface area (Å²) in [7, 11) is 0. The van der Waals surface area contributed by atoms with Crippen molar-refractivity contribution in [3.63, 3.8) is 0 Å². The summed E-state index contributed by atoms with van der Waals surface area (Å²) in [6.45, 7) is 13.4. The van der Waals surface area contributed by atoms with Crippen molar-refractivity contribution in [2.75, 3.05) is 0 Å². The third-order valence-corrected chi connectivity index (χ3v) is 7.43. The smallest absolute Gasteiger partial charge is 0.140 e. The molecular formula is C25H37N5. The molecule has 0 aliphatic carbocycles. The summed E-state index contributed by atoms with van der Waals surface area (Å²) in [5, 5.41) is 0. The van der Waals surface area contributed by atoms with Gasteiger partial charge in [0.2, 0.25) is 0 Å². The van der Waals surface area contributed by atoms with E-state index in [9.17, 15) is 0 Å². The molecule has 0 aliphatic rings. The number of aromatic nitrogens is 5. The molecule has 4 rings (SSSR count). The fourth-order valence-electron chi connectivity index (χ4n) is 4.03. The Labute approximate surface area is 181 Å². The topological polar surface area (TPSA) is 70.2 Å². The number of nitrogens with zero attached hydrogens (tertiary/aromatic N) is 3. The van der Waals surface area contributed by atoms with Gasteiger partial charge in [0.25, 0.3) is 0 Å². The Balaban J connectivity index is 0.00000181. The quantitative estimate of drug-likeness (QED) is 0.342. The average molecular weight is 408 g/mol. The number of imidazole rings is 2. The molecule has 0 aliphatic heterocycles. The molecule has 0 unspecified atom stereocenters. The maximum Gasteiger partial charge on any atom is 0.140 e. The van der Waals surface area contributed by atoms with E-state index in [-0.39, 0.29) is 13.7 Å². The van der Waals surface area contributed by atoms with Crippen LogP contribution in [0.1, 0.15) is 81.6 Å². The van der Waals surface area contributed by atoms with E-state index in [0.29, 0.717) is 0 Å². The van der Waals surface area contributed by atoms with Gasteiger partial charge in [-0.2, -0.15) is 0 Å².